The zero-order valence-electron chi connectivity index (χ0n) is 33.7. The van der Waals surface area contributed by atoms with E-state index >= 15 is 0 Å². The zero-order chi connectivity index (χ0) is 36.8. The predicted octanol–water partition coefficient (Wildman–Crippen LogP) is 14.2. The van der Waals surface area contributed by atoms with Gasteiger partial charge in [-0.25, -0.2) is 15.0 Å². The molecule has 0 amide bonds. The largest absolute Gasteiger partial charge is 0.255 e. The minimum Gasteiger partial charge on any atom is -0.255 e. The molecule has 0 aliphatic heterocycles. The van der Waals surface area contributed by atoms with Crippen molar-refractivity contribution in [2.24, 2.45) is 0 Å². The first-order valence-electron chi connectivity index (χ1n) is 21.3. The Bertz CT molecular complexity index is 1650. The summed E-state index contributed by atoms with van der Waals surface area (Å²) >= 11 is 0. The maximum Gasteiger partial charge on any atom is 0.164 e. The Hall–Kier alpha value is -3.40. The monoisotopic (exact) mass is 701 g/mol. The average Bonchev–Trinajstić information content (AvgIpc) is 3.43. The van der Waals surface area contributed by atoms with Gasteiger partial charge in [-0.1, -0.05) is 181 Å². The van der Waals surface area contributed by atoms with E-state index in [2.05, 4.69) is 96.1 Å². The number of nitrogens with zero attached hydrogens (tertiary/aromatic N) is 4. The van der Waals surface area contributed by atoms with Crippen molar-refractivity contribution >= 4 is 0 Å². The second kappa shape index (κ2) is 19.6. The zero-order valence-corrected chi connectivity index (χ0v) is 33.7. The topological polar surface area (TPSA) is 51.6 Å². The highest BCUT2D eigenvalue weighted by molar-refractivity contribution is 5.83. The lowest BCUT2D eigenvalue weighted by Gasteiger charge is -2.33. The van der Waals surface area contributed by atoms with Crippen molar-refractivity contribution < 1.29 is 0 Å². The third-order valence-electron chi connectivity index (χ3n) is 11.4. The molecular weight excluding hydrogens is 633 g/mol. The van der Waals surface area contributed by atoms with Crippen LogP contribution in [-0.2, 0) is 17.3 Å². The molecule has 0 atom stereocenters. The van der Waals surface area contributed by atoms with Crippen LogP contribution in [0.25, 0.3) is 33.8 Å². The van der Waals surface area contributed by atoms with E-state index in [1.165, 1.54) is 138 Å². The van der Waals surface area contributed by atoms with E-state index in [4.69, 9.17) is 19.9 Å². The Morgan fingerprint density at radius 3 is 1.73 bits per heavy atom. The molecule has 2 aromatic heterocycles. The van der Waals surface area contributed by atoms with Crippen molar-refractivity contribution in [2.75, 3.05) is 0 Å². The fraction of sp³-hybridized carbons (Fsp3) is 0.583. The van der Waals surface area contributed by atoms with Gasteiger partial charge in [-0.2, -0.15) is 0 Å². The highest BCUT2D eigenvalue weighted by Gasteiger charge is 2.42. The van der Waals surface area contributed by atoms with Gasteiger partial charge in [0.1, 0.15) is 11.6 Å². The van der Waals surface area contributed by atoms with E-state index in [1.807, 2.05) is 6.20 Å². The highest BCUT2D eigenvalue weighted by Crippen LogP contribution is 2.55. The second-order valence-corrected chi connectivity index (χ2v) is 16.7. The van der Waals surface area contributed by atoms with Crippen LogP contribution >= 0.6 is 0 Å². The lowest BCUT2D eigenvalue weighted by Crippen LogP contribution is -2.25. The minimum absolute atomic E-state index is 0.0680. The van der Waals surface area contributed by atoms with Crippen LogP contribution in [0, 0.1) is 0 Å². The molecule has 2 aromatic carbocycles. The molecule has 0 unspecified atom stereocenters. The van der Waals surface area contributed by atoms with E-state index in [-0.39, 0.29) is 10.8 Å². The summed E-state index contributed by atoms with van der Waals surface area (Å²) in [6.07, 6.45) is 27.5. The number of aromatic nitrogens is 4. The summed E-state index contributed by atoms with van der Waals surface area (Å²) in [6, 6.07) is 20.8. The van der Waals surface area contributed by atoms with E-state index in [1.54, 1.807) is 5.56 Å². The highest BCUT2D eigenvalue weighted by atomic mass is 15.0. The average molecular weight is 701 g/mol. The first-order chi connectivity index (χ1) is 25.3. The molecule has 0 saturated heterocycles. The van der Waals surface area contributed by atoms with E-state index < -0.39 is 0 Å². The van der Waals surface area contributed by atoms with Gasteiger partial charge in [0.15, 0.2) is 5.82 Å². The van der Waals surface area contributed by atoms with Gasteiger partial charge in [-0.05, 0) is 59.7 Å². The summed E-state index contributed by atoms with van der Waals surface area (Å²) in [4.78, 5) is 19.9. The molecule has 1 aliphatic rings. The third-order valence-corrected chi connectivity index (χ3v) is 11.4. The summed E-state index contributed by atoms with van der Waals surface area (Å²) in [7, 11) is 0. The summed E-state index contributed by atoms with van der Waals surface area (Å²) in [6.45, 7) is 13.4. The number of pyridine rings is 1. The standard InChI is InChI=1S/C48H68N4/c1-7-10-13-16-19-24-33-48(34-25-20-17-14-11-8-2)41-27-23-22-26-39(41)40-31-29-37(35-42(40)48)43-32-30-38(36-49-43)45-50-44(28-21-18-15-12-9-3)51-46(52-45)47(4,5)6/h22-23,26-27,29-32,35-36H,7-21,24-25,28,33-34H2,1-6H3. The normalized spacial score (nSPS) is 13.3. The molecule has 0 bridgehead atoms. The molecule has 0 radical (unpaired) electrons. The molecule has 5 rings (SSSR count). The van der Waals surface area contributed by atoms with Gasteiger partial charge in [-0.3, -0.25) is 4.98 Å². The Morgan fingerprint density at radius 1 is 0.538 bits per heavy atom. The molecule has 0 spiro atoms. The molecule has 280 valence electrons. The lowest BCUT2D eigenvalue weighted by atomic mass is 9.70. The van der Waals surface area contributed by atoms with Crippen molar-refractivity contribution in [2.45, 2.75) is 181 Å². The number of aryl methyl sites for hydroxylation is 1. The summed E-state index contributed by atoms with van der Waals surface area (Å²) in [5.41, 5.74) is 9.03. The quantitative estimate of drug-likeness (QED) is 0.0766. The first kappa shape index (κ1) is 39.8. The van der Waals surface area contributed by atoms with Gasteiger partial charge in [-0.15, -0.1) is 0 Å². The second-order valence-electron chi connectivity index (χ2n) is 16.7. The van der Waals surface area contributed by atoms with Crippen molar-refractivity contribution in [3.8, 4) is 33.8 Å². The molecule has 4 nitrogen and oxygen atoms in total. The number of hydrogen-bond donors (Lipinski definition) is 0. The van der Waals surface area contributed by atoms with Crippen molar-refractivity contribution in [3.05, 3.63) is 83.6 Å². The van der Waals surface area contributed by atoms with Gasteiger partial charge >= 0.3 is 0 Å². The molecular formula is C48H68N4. The first-order valence-corrected chi connectivity index (χ1v) is 21.3. The maximum absolute atomic E-state index is 5.07. The smallest absolute Gasteiger partial charge is 0.164 e. The summed E-state index contributed by atoms with van der Waals surface area (Å²) < 4.78 is 0. The molecule has 4 heteroatoms. The fourth-order valence-electron chi connectivity index (χ4n) is 8.27. The van der Waals surface area contributed by atoms with Crippen LogP contribution in [0.3, 0.4) is 0 Å². The summed E-state index contributed by atoms with van der Waals surface area (Å²) in [5.74, 6) is 2.50. The Labute approximate surface area is 317 Å². The fourth-order valence-corrected chi connectivity index (χ4v) is 8.27. The lowest BCUT2D eigenvalue weighted by molar-refractivity contribution is 0.398. The number of unbranched alkanes of at least 4 members (excludes halogenated alkanes) is 14. The number of benzene rings is 2. The van der Waals surface area contributed by atoms with Gasteiger partial charge in [0.2, 0.25) is 0 Å². The molecule has 1 aliphatic carbocycles. The number of hydrogen-bond acceptors (Lipinski definition) is 4. The molecule has 0 N–H and O–H groups in total. The van der Waals surface area contributed by atoms with Gasteiger partial charge in [0, 0.05) is 34.6 Å². The van der Waals surface area contributed by atoms with Crippen LogP contribution in [0.1, 0.15) is 186 Å². The van der Waals surface area contributed by atoms with Crippen LogP contribution in [0.2, 0.25) is 0 Å². The van der Waals surface area contributed by atoms with E-state index in [0.29, 0.717) is 0 Å². The Morgan fingerprint density at radius 2 is 1.12 bits per heavy atom. The Balaban J connectivity index is 1.43. The van der Waals surface area contributed by atoms with Crippen LogP contribution < -0.4 is 0 Å². The Kier molecular flexibility index (Phi) is 15.0. The molecule has 0 saturated carbocycles. The van der Waals surface area contributed by atoms with Crippen LogP contribution in [0.5, 0.6) is 0 Å². The van der Waals surface area contributed by atoms with Crippen LogP contribution in [0.15, 0.2) is 60.8 Å². The van der Waals surface area contributed by atoms with Gasteiger partial charge in [0.05, 0.1) is 5.69 Å². The number of fused-ring (bicyclic) bond motifs is 3. The predicted molar refractivity (Wildman–Crippen MR) is 222 cm³/mol. The van der Waals surface area contributed by atoms with Gasteiger partial charge in [0.25, 0.3) is 0 Å². The maximum atomic E-state index is 5.07. The summed E-state index contributed by atoms with van der Waals surface area (Å²) in [5, 5.41) is 0. The van der Waals surface area contributed by atoms with Crippen LogP contribution in [-0.4, -0.2) is 19.9 Å². The van der Waals surface area contributed by atoms with Crippen molar-refractivity contribution in [1.29, 1.82) is 0 Å². The minimum atomic E-state index is -0.151. The van der Waals surface area contributed by atoms with Crippen molar-refractivity contribution in [1.82, 2.24) is 19.9 Å². The van der Waals surface area contributed by atoms with E-state index in [0.717, 1.165) is 41.6 Å². The SMILES string of the molecule is CCCCCCCCC1(CCCCCCCC)c2ccccc2-c2ccc(-c3ccc(-c4nc(CCCCCCC)nc(C(C)(C)C)n4)cn3)cc21. The molecule has 0 fully saturated rings. The number of rotatable bonds is 22. The van der Waals surface area contributed by atoms with Crippen LogP contribution in [0.4, 0.5) is 0 Å². The van der Waals surface area contributed by atoms with Crippen molar-refractivity contribution in [3.63, 3.8) is 0 Å². The third kappa shape index (κ3) is 10.2. The van der Waals surface area contributed by atoms with E-state index in [9.17, 15) is 0 Å². The molecule has 2 heterocycles. The van der Waals surface area contributed by atoms with Gasteiger partial charge < -0.3 is 0 Å². The molecule has 4 aromatic rings. The molecule has 52 heavy (non-hydrogen) atoms.